The molecule has 0 amide bonds. The van der Waals surface area contributed by atoms with Crippen LogP contribution in [0.25, 0.3) is 22.4 Å². The molecule has 5 nitrogen and oxygen atoms in total. The van der Waals surface area contributed by atoms with Crippen molar-refractivity contribution in [2.75, 3.05) is 0 Å². The number of non-ortho nitro benzene ring substituents is 1. The quantitative estimate of drug-likeness (QED) is 0.161. The van der Waals surface area contributed by atoms with Crippen molar-refractivity contribution in [2.24, 2.45) is 0 Å². The molecular formula is C26H18N2O3. The van der Waals surface area contributed by atoms with E-state index in [0.29, 0.717) is 17.9 Å². The zero-order valence-corrected chi connectivity index (χ0v) is 16.6. The Morgan fingerprint density at radius 1 is 0.968 bits per heavy atom. The van der Waals surface area contributed by atoms with E-state index >= 15 is 0 Å². The first-order chi connectivity index (χ1) is 15.1. The van der Waals surface area contributed by atoms with Gasteiger partial charge in [0.1, 0.15) is 12.4 Å². The monoisotopic (exact) mass is 406 g/mol. The summed E-state index contributed by atoms with van der Waals surface area (Å²) in [4.78, 5) is 10.3. The Hall–Kier alpha value is -4.43. The Kier molecular flexibility index (Phi) is 5.72. The van der Waals surface area contributed by atoms with Crippen LogP contribution >= 0.6 is 0 Å². The van der Waals surface area contributed by atoms with Crippen molar-refractivity contribution in [1.82, 2.24) is 0 Å². The fourth-order valence-electron chi connectivity index (χ4n) is 3.37. The molecule has 31 heavy (non-hydrogen) atoms. The van der Waals surface area contributed by atoms with Crippen molar-refractivity contribution in [3.63, 3.8) is 0 Å². The summed E-state index contributed by atoms with van der Waals surface area (Å²) in [5.74, 6) is 0.655. The van der Waals surface area contributed by atoms with E-state index in [-0.39, 0.29) is 5.69 Å². The van der Waals surface area contributed by atoms with Crippen LogP contribution in [0.3, 0.4) is 0 Å². The minimum Gasteiger partial charge on any atom is -0.489 e. The molecule has 150 valence electrons. The molecule has 0 aliphatic heterocycles. The van der Waals surface area contributed by atoms with Gasteiger partial charge in [-0.15, -0.1) is 0 Å². The summed E-state index contributed by atoms with van der Waals surface area (Å²) in [6.45, 7) is 0.291. The van der Waals surface area contributed by atoms with Crippen molar-refractivity contribution >= 4 is 28.1 Å². The van der Waals surface area contributed by atoms with Crippen LogP contribution in [-0.2, 0) is 6.61 Å². The minimum absolute atomic E-state index is 0.0494. The summed E-state index contributed by atoms with van der Waals surface area (Å²) < 4.78 is 5.84. The second-order valence-corrected chi connectivity index (χ2v) is 6.98. The molecular weight excluding hydrogens is 388 g/mol. The molecule has 0 unspecified atom stereocenters. The number of fused-ring (bicyclic) bond motifs is 1. The van der Waals surface area contributed by atoms with E-state index in [2.05, 4.69) is 6.07 Å². The van der Waals surface area contributed by atoms with Crippen molar-refractivity contribution in [3.8, 4) is 11.8 Å². The molecule has 0 bridgehead atoms. The zero-order valence-electron chi connectivity index (χ0n) is 16.6. The van der Waals surface area contributed by atoms with Crippen LogP contribution in [0.5, 0.6) is 5.75 Å². The van der Waals surface area contributed by atoms with Gasteiger partial charge in [0.05, 0.1) is 16.6 Å². The van der Waals surface area contributed by atoms with Crippen LogP contribution in [0.4, 0.5) is 5.69 Å². The lowest BCUT2D eigenvalue weighted by Crippen LogP contribution is -1.96. The zero-order chi connectivity index (χ0) is 21.6. The highest BCUT2D eigenvalue weighted by atomic mass is 16.6. The summed E-state index contributed by atoms with van der Waals surface area (Å²) in [7, 11) is 0. The second-order valence-electron chi connectivity index (χ2n) is 6.98. The molecule has 0 radical (unpaired) electrons. The highest BCUT2D eigenvalue weighted by Crippen LogP contribution is 2.27. The standard InChI is InChI=1S/C26H18N2O3/c27-17-22(26-10-4-7-21-6-1-2-9-25(21)26)15-20-5-3-8-24(16-20)31-18-19-11-13-23(14-12-19)28(29)30/h1-16H,18H2/b22-15-. The third-order valence-corrected chi connectivity index (χ3v) is 4.92. The lowest BCUT2D eigenvalue weighted by atomic mass is 9.97. The molecule has 0 aliphatic carbocycles. The Bertz CT molecular complexity index is 1310. The van der Waals surface area contributed by atoms with E-state index in [9.17, 15) is 15.4 Å². The molecule has 0 saturated heterocycles. The van der Waals surface area contributed by atoms with E-state index in [4.69, 9.17) is 4.74 Å². The van der Waals surface area contributed by atoms with Crippen molar-refractivity contribution in [3.05, 3.63) is 118 Å². The molecule has 0 aromatic heterocycles. The summed E-state index contributed by atoms with van der Waals surface area (Å²) in [5, 5.41) is 22.7. The normalized spacial score (nSPS) is 11.1. The number of nitro groups is 1. The number of benzene rings is 4. The molecule has 0 N–H and O–H groups in total. The van der Waals surface area contributed by atoms with Gasteiger partial charge in [0.2, 0.25) is 0 Å². The highest BCUT2D eigenvalue weighted by Gasteiger charge is 2.07. The summed E-state index contributed by atoms with van der Waals surface area (Å²) in [5.41, 5.74) is 3.20. The number of hydrogen-bond acceptors (Lipinski definition) is 4. The Balaban J connectivity index is 1.56. The highest BCUT2D eigenvalue weighted by molar-refractivity contribution is 6.01. The van der Waals surface area contributed by atoms with E-state index in [0.717, 1.165) is 27.5 Å². The SMILES string of the molecule is N#C/C(=C/c1cccc(OCc2ccc([N+](=O)[O-])cc2)c1)c1cccc2ccccc12. The van der Waals surface area contributed by atoms with Gasteiger partial charge in [-0.1, -0.05) is 54.6 Å². The van der Waals surface area contributed by atoms with Gasteiger partial charge in [-0.25, -0.2) is 0 Å². The predicted octanol–water partition coefficient (Wildman–Crippen LogP) is 6.39. The van der Waals surface area contributed by atoms with Crippen molar-refractivity contribution < 1.29 is 9.66 Å². The summed E-state index contributed by atoms with van der Waals surface area (Å²) in [6, 6.07) is 30.0. The smallest absolute Gasteiger partial charge is 0.269 e. The van der Waals surface area contributed by atoms with E-state index < -0.39 is 4.92 Å². The number of nitro benzene ring substituents is 1. The van der Waals surface area contributed by atoms with E-state index in [1.165, 1.54) is 12.1 Å². The summed E-state index contributed by atoms with van der Waals surface area (Å²) in [6.07, 6.45) is 1.85. The van der Waals surface area contributed by atoms with Gasteiger partial charge in [-0.2, -0.15) is 5.26 Å². The molecule has 0 aliphatic rings. The van der Waals surface area contributed by atoms with Crippen LogP contribution < -0.4 is 4.74 Å². The predicted molar refractivity (Wildman–Crippen MR) is 121 cm³/mol. The Morgan fingerprint density at radius 3 is 2.48 bits per heavy atom. The molecule has 0 spiro atoms. The third-order valence-electron chi connectivity index (χ3n) is 4.92. The van der Waals surface area contributed by atoms with Crippen LogP contribution in [0.1, 0.15) is 16.7 Å². The number of hydrogen-bond donors (Lipinski definition) is 0. The van der Waals surface area contributed by atoms with Gasteiger partial charge in [0.15, 0.2) is 0 Å². The molecule has 0 atom stereocenters. The minimum atomic E-state index is -0.427. The largest absolute Gasteiger partial charge is 0.489 e. The molecule has 4 aromatic carbocycles. The lowest BCUT2D eigenvalue weighted by Gasteiger charge is -2.08. The van der Waals surface area contributed by atoms with Crippen molar-refractivity contribution in [1.29, 1.82) is 5.26 Å². The maximum absolute atomic E-state index is 10.8. The summed E-state index contributed by atoms with van der Waals surface area (Å²) >= 11 is 0. The lowest BCUT2D eigenvalue weighted by molar-refractivity contribution is -0.384. The maximum Gasteiger partial charge on any atom is 0.269 e. The van der Waals surface area contributed by atoms with Gasteiger partial charge >= 0.3 is 0 Å². The van der Waals surface area contributed by atoms with Gasteiger partial charge in [-0.05, 0) is 52.2 Å². The van der Waals surface area contributed by atoms with E-state index in [1.807, 2.05) is 72.8 Å². The topological polar surface area (TPSA) is 76.2 Å². The van der Waals surface area contributed by atoms with Crippen LogP contribution in [0.2, 0.25) is 0 Å². The first kappa shape index (κ1) is 19.9. The molecule has 5 heteroatoms. The number of nitrogens with zero attached hydrogens (tertiary/aromatic N) is 2. The fourth-order valence-corrected chi connectivity index (χ4v) is 3.37. The van der Waals surface area contributed by atoms with Crippen LogP contribution in [0.15, 0.2) is 91.0 Å². The number of allylic oxidation sites excluding steroid dienone is 1. The molecule has 0 saturated carbocycles. The number of nitriles is 1. The van der Waals surface area contributed by atoms with Crippen LogP contribution in [-0.4, -0.2) is 4.92 Å². The molecule has 4 aromatic rings. The van der Waals surface area contributed by atoms with Crippen molar-refractivity contribution in [2.45, 2.75) is 6.61 Å². The average Bonchev–Trinajstić information content (AvgIpc) is 2.81. The average molecular weight is 406 g/mol. The molecule has 0 heterocycles. The Labute approximate surface area is 179 Å². The first-order valence-corrected chi connectivity index (χ1v) is 9.70. The Morgan fingerprint density at radius 2 is 1.71 bits per heavy atom. The number of rotatable bonds is 6. The number of ether oxygens (including phenoxy) is 1. The molecule has 4 rings (SSSR count). The van der Waals surface area contributed by atoms with Gasteiger partial charge in [0, 0.05) is 17.7 Å². The van der Waals surface area contributed by atoms with E-state index in [1.54, 1.807) is 12.1 Å². The van der Waals surface area contributed by atoms with Crippen LogP contribution in [0, 0.1) is 21.4 Å². The second kappa shape index (κ2) is 8.93. The maximum atomic E-state index is 10.8. The third kappa shape index (κ3) is 4.60. The fraction of sp³-hybridized carbons (Fsp3) is 0.0385. The van der Waals surface area contributed by atoms with Gasteiger partial charge < -0.3 is 4.74 Å². The van der Waals surface area contributed by atoms with Gasteiger partial charge in [0.25, 0.3) is 5.69 Å². The first-order valence-electron chi connectivity index (χ1n) is 9.70. The molecule has 0 fully saturated rings. The van der Waals surface area contributed by atoms with Gasteiger partial charge in [-0.3, -0.25) is 10.1 Å².